The molecule has 1 N–H and O–H groups in total. The van der Waals surface area contributed by atoms with Crippen molar-refractivity contribution >= 4 is 11.8 Å². The standard InChI is InChI=1S/C13H20N2S/c1-15-9-7-12(11-15)14-8-10-16-13-5-3-2-4-6-13/h2-6,12,14H,7-11H2,1H3. The van der Waals surface area contributed by atoms with Gasteiger partial charge in [-0.15, -0.1) is 11.8 Å². The third-order valence-electron chi connectivity index (χ3n) is 2.94. The Morgan fingerprint density at radius 3 is 2.88 bits per heavy atom. The summed E-state index contributed by atoms with van der Waals surface area (Å²) in [5.74, 6) is 1.16. The van der Waals surface area contributed by atoms with Gasteiger partial charge in [0.05, 0.1) is 0 Å². The molecule has 1 aliphatic rings. The number of rotatable bonds is 5. The summed E-state index contributed by atoms with van der Waals surface area (Å²) < 4.78 is 0. The first-order valence-electron chi connectivity index (χ1n) is 5.94. The van der Waals surface area contributed by atoms with Crippen LogP contribution in [0.1, 0.15) is 6.42 Å². The number of benzene rings is 1. The van der Waals surface area contributed by atoms with E-state index >= 15 is 0 Å². The van der Waals surface area contributed by atoms with Gasteiger partial charge in [-0.25, -0.2) is 0 Å². The molecule has 1 aromatic carbocycles. The van der Waals surface area contributed by atoms with Crippen molar-refractivity contribution in [2.24, 2.45) is 0 Å². The Morgan fingerprint density at radius 2 is 2.19 bits per heavy atom. The van der Waals surface area contributed by atoms with Crippen LogP contribution < -0.4 is 5.32 Å². The summed E-state index contributed by atoms with van der Waals surface area (Å²) in [5, 5.41) is 3.62. The van der Waals surface area contributed by atoms with E-state index in [2.05, 4.69) is 47.6 Å². The van der Waals surface area contributed by atoms with E-state index in [-0.39, 0.29) is 0 Å². The highest BCUT2D eigenvalue weighted by molar-refractivity contribution is 7.99. The molecule has 1 atom stereocenters. The van der Waals surface area contributed by atoms with Crippen LogP contribution in [0.3, 0.4) is 0 Å². The van der Waals surface area contributed by atoms with Crippen molar-refractivity contribution < 1.29 is 0 Å². The smallest absolute Gasteiger partial charge is 0.0207 e. The molecule has 3 heteroatoms. The third-order valence-corrected chi connectivity index (χ3v) is 3.95. The highest BCUT2D eigenvalue weighted by atomic mass is 32.2. The van der Waals surface area contributed by atoms with E-state index in [1.807, 2.05) is 11.8 Å². The van der Waals surface area contributed by atoms with Crippen LogP contribution in [0.15, 0.2) is 35.2 Å². The summed E-state index contributed by atoms with van der Waals surface area (Å²) in [4.78, 5) is 3.76. The maximum atomic E-state index is 3.62. The lowest BCUT2D eigenvalue weighted by Crippen LogP contribution is -2.32. The number of nitrogens with zero attached hydrogens (tertiary/aromatic N) is 1. The van der Waals surface area contributed by atoms with Gasteiger partial charge in [-0.1, -0.05) is 18.2 Å². The predicted octanol–water partition coefficient (Wildman–Crippen LogP) is 2.07. The normalized spacial score (nSPS) is 21.4. The first kappa shape index (κ1) is 12.0. The van der Waals surface area contributed by atoms with Crippen molar-refractivity contribution in [1.29, 1.82) is 0 Å². The van der Waals surface area contributed by atoms with E-state index in [0.29, 0.717) is 6.04 Å². The average Bonchev–Trinajstić information content (AvgIpc) is 2.72. The Hall–Kier alpha value is -0.510. The molecule has 1 unspecified atom stereocenters. The van der Waals surface area contributed by atoms with Crippen molar-refractivity contribution in [2.75, 3.05) is 32.4 Å². The molecule has 1 aliphatic heterocycles. The number of thioether (sulfide) groups is 1. The van der Waals surface area contributed by atoms with Gasteiger partial charge in [0, 0.05) is 29.8 Å². The summed E-state index contributed by atoms with van der Waals surface area (Å²) >= 11 is 1.93. The first-order chi connectivity index (χ1) is 7.84. The second-order valence-electron chi connectivity index (χ2n) is 4.36. The van der Waals surface area contributed by atoms with Gasteiger partial charge < -0.3 is 10.2 Å². The van der Waals surface area contributed by atoms with Crippen LogP contribution in [0.5, 0.6) is 0 Å². The molecule has 1 heterocycles. The Morgan fingerprint density at radius 1 is 1.38 bits per heavy atom. The van der Waals surface area contributed by atoms with Gasteiger partial charge >= 0.3 is 0 Å². The molecule has 0 aromatic heterocycles. The van der Waals surface area contributed by atoms with Crippen LogP contribution in [0.4, 0.5) is 0 Å². The zero-order valence-corrected chi connectivity index (χ0v) is 10.7. The lowest BCUT2D eigenvalue weighted by molar-refractivity contribution is 0.400. The van der Waals surface area contributed by atoms with Crippen molar-refractivity contribution in [3.63, 3.8) is 0 Å². The van der Waals surface area contributed by atoms with Gasteiger partial charge in [-0.05, 0) is 32.1 Å². The van der Waals surface area contributed by atoms with Crippen molar-refractivity contribution in [3.8, 4) is 0 Å². The summed E-state index contributed by atoms with van der Waals surface area (Å²) in [6, 6.07) is 11.3. The van der Waals surface area contributed by atoms with Crippen LogP contribution in [0.2, 0.25) is 0 Å². The molecule has 2 nitrogen and oxygen atoms in total. The second kappa shape index (κ2) is 6.28. The zero-order chi connectivity index (χ0) is 11.2. The van der Waals surface area contributed by atoms with E-state index in [0.717, 1.165) is 12.3 Å². The second-order valence-corrected chi connectivity index (χ2v) is 5.53. The Bertz CT molecular complexity index is 302. The minimum absolute atomic E-state index is 0.710. The molecule has 88 valence electrons. The lowest BCUT2D eigenvalue weighted by Gasteiger charge is -2.12. The average molecular weight is 236 g/mol. The van der Waals surface area contributed by atoms with Crippen LogP contribution >= 0.6 is 11.8 Å². The van der Waals surface area contributed by atoms with E-state index in [9.17, 15) is 0 Å². The molecule has 1 saturated heterocycles. The fourth-order valence-corrected chi connectivity index (χ4v) is 2.86. The first-order valence-corrected chi connectivity index (χ1v) is 6.93. The molecule has 16 heavy (non-hydrogen) atoms. The number of likely N-dealkylation sites (N-methyl/N-ethyl adjacent to an activating group) is 1. The third kappa shape index (κ3) is 3.81. The lowest BCUT2D eigenvalue weighted by atomic mass is 10.3. The van der Waals surface area contributed by atoms with Crippen LogP contribution in [0.25, 0.3) is 0 Å². The van der Waals surface area contributed by atoms with Crippen molar-refractivity contribution in [2.45, 2.75) is 17.4 Å². The molecule has 0 saturated carbocycles. The summed E-state index contributed by atoms with van der Waals surface area (Å²) in [6.07, 6.45) is 1.30. The molecule has 0 amide bonds. The van der Waals surface area contributed by atoms with Crippen molar-refractivity contribution in [3.05, 3.63) is 30.3 Å². The monoisotopic (exact) mass is 236 g/mol. The van der Waals surface area contributed by atoms with E-state index < -0.39 is 0 Å². The minimum atomic E-state index is 0.710. The summed E-state index contributed by atoms with van der Waals surface area (Å²) in [5.41, 5.74) is 0. The van der Waals surface area contributed by atoms with Gasteiger partial charge in [0.15, 0.2) is 0 Å². The fourth-order valence-electron chi connectivity index (χ4n) is 2.05. The van der Waals surface area contributed by atoms with Gasteiger partial charge in [-0.2, -0.15) is 0 Å². The van der Waals surface area contributed by atoms with Crippen LogP contribution in [0, 0.1) is 0 Å². The van der Waals surface area contributed by atoms with Gasteiger partial charge in [0.2, 0.25) is 0 Å². The molecule has 1 fully saturated rings. The van der Waals surface area contributed by atoms with Gasteiger partial charge in [-0.3, -0.25) is 0 Å². The molecular formula is C13H20N2S. The molecule has 0 radical (unpaired) electrons. The zero-order valence-electron chi connectivity index (χ0n) is 9.86. The number of hydrogen-bond acceptors (Lipinski definition) is 3. The highest BCUT2D eigenvalue weighted by Gasteiger charge is 2.17. The highest BCUT2D eigenvalue weighted by Crippen LogP contribution is 2.16. The number of nitrogens with one attached hydrogen (secondary N) is 1. The fraction of sp³-hybridized carbons (Fsp3) is 0.538. The maximum absolute atomic E-state index is 3.62. The molecular weight excluding hydrogens is 216 g/mol. The molecule has 1 aromatic rings. The Labute approximate surface area is 102 Å². The van der Waals surface area contributed by atoms with E-state index in [1.165, 1.54) is 24.4 Å². The van der Waals surface area contributed by atoms with E-state index in [1.54, 1.807) is 0 Å². The number of hydrogen-bond donors (Lipinski definition) is 1. The summed E-state index contributed by atoms with van der Waals surface area (Å²) in [7, 11) is 2.19. The SMILES string of the molecule is CN1CCC(NCCSc2ccccc2)C1. The van der Waals surface area contributed by atoms with E-state index in [4.69, 9.17) is 0 Å². The van der Waals surface area contributed by atoms with Gasteiger partial charge in [0.25, 0.3) is 0 Å². The Balaban J connectivity index is 1.59. The molecule has 0 aliphatic carbocycles. The van der Waals surface area contributed by atoms with Crippen LogP contribution in [-0.2, 0) is 0 Å². The molecule has 0 spiro atoms. The molecule has 2 rings (SSSR count). The van der Waals surface area contributed by atoms with Gasteiger partial charge in [0.1, 0.15) is 0 Å². The molecule has 0 bridgehead atoms. The number of likely N-dealkylation sites (tertiary alicyclic amines) is 1. The summed E-state index contributed by atoms with van der Waals surface area (Å²) in [6.45, 7) is 3.55. The minimum Gasteiger partial charge on any atom is -0.312 e. The maximum Gasteiger partial charge on any atom is 0.0207 e. The largest absolute Gasteiger partial charge is 0.312 e. The topological polar surface area (TPSA) is 15.3 Å². The predicted molar refractivity (Wildman–Crippen MR) is 71.1 cm³/mol. The van der Waals surface area contributed by atoms with Crippen molar-refractivity contribution in [1.82, 2.24) is 10.2 Å². The van der Waals surface area contributed by atoms with Crippen LogP contribution in [-0.4, -0.2) is 43.4 Å². The Kier molecular flexibility index (Phi) is 4.69. The quantitative estimate of drug-likeness (QED) is 0.622.